The molecule has 1 atom stereocenters. The van der Waals surface area contributed by atoms with E-state index in [1.54, 1.807) is 44.6 Å². The van der Waals surface area contributed by atoms with E-state index in [1.165, 1.54) is 0 Å². The number of halogens is 2. The van der Waals surface area contributed by atoms with Crippen molar-refractivity contribution in [3.8, 4) is 11.5 Å². The summed E-state index contributed by atoms with van der Waals surface area (Å²) in [7, 11) is 3.01. The fraction of sp³-hybridized carbons (Fsp3) is 0.316. The van der Waals surface area contributed by atoms with Crippen molar-refractivity contribution < 1.29 is 23.7 Å². The molecule has 0 saturated carbocycles. The van der Waals surface area contributed by atoms with Gasteiger partial charge in [-0.3, -0.25) is 4.79 Å². The maximum absolute atomic E-state index is 12.7. The molecule has 0 aliphatic rings. The van der Waals surface area contributed by atoms with Gasteiger partial charge in [0.15, 0.2) is 5.52 Å². The highest BCUT2D eigenvalue weighted by atomic mass is 35.5. The highest BCUT2D eigenvalue weighted by molar-refractivity contribution is 7.66. The first-order valence-electron chi connectivity index (χ1n) is 8.19. The highest BCUT2D eigenvalue weighted by Gasteiger charge is 2.18. The Balaban J connectivity index is 2.21. The summed E-state index contributed by atoms with van der Waals surface area (Å²) >= 11 is 12.3. The Labute approximate surface area is 170 Å². The molecule has 2 aromatic carbocycles. The first kappa shape index (κ1) is 21.9. The zero-order chi connectivity index (χ0) is 19.6. The summed E-state index contributed by atoms with van der Waals surface area (Å²) in [5.41, 5.74) is 0.165. The second-order valence-corrected chi connectivity index (χ2v) is 7.45. The average molecular weight is 431 g/mol. The normalized spacial score (nSPS) is 11.1. The van der Waals surface area contributed by atoms with Gasteiger partial charge in [-0.05, 0) is 32.8 Å². The number of methoxy groups -OCH3 is 2. The van der Waals surface area contributed by atoms with Crippen molar-refractivity contribution in [1.82, 2.24) is 0 Å². The maximum Gasteiger partial charge on any atom is 0.188 e. The van der Waals surface area contributed by atoms with Crippen LogP contribution in [0, 0.1) is 0 Å². The molecule has 0 amide bonds. The van der Waals surface area contributed by atoms with Crippen LogP contribution in [0.4, 0.5) is 0 Å². The molecule has 27 heavy (non-hydrogen) atoms. The SMILES string of the molecule is COCCOc1ccc(PC(=O)c2c(Cl)cccc2Cl)c(OCCOC)c1. The first-order chi connectivity index (χ1) is 13.1. The smallest absolute Gasteiger partial charge is 0.188 e. The van der Waals surface area contributed by atoms with Gasteiger partial charge >= 0.3 is 0 Å². The van der Waals surface area contributed by atoms with E-state index in [4.69, 9.17) is 42.1 Å². The van der Waals surface area contributed by atoms with E-state index in [1.807, 2.05) is 6.07 Å². The number of hydrogen-bond donors (Lipinski definition) is 0. The quantitative estimate of drug-likeness (QED) is 0.395. The largest absolute Gasteiger partial charge is 0.491 e. The van der Waals surface area contributed by atoms with E-state index in [9.17, 15) is 4.79 Å². The summed E-state index contributed by atoms with van der Waals surface area (Å²) < 4.78 is 21.4. The topological polar surface area (TPSA) is 54.0 Å². The second-order valence-electron chi connectivity index (χ2n) is 5.39. The molecule has 2 aromatic rings. The Morgan fingerprint density at radius 3 is 2.19 bits per heavy atom. The fourth-order valence-electron chi connectivity index (χ4n) is 2.19. The Hall–Kier alpha value is -1.36. The molecule has 0 aliphatic carbocycles. The number of hydrogen-bond acceptors (Lipinski definition) is 5. The standard InChI is InChI=1S/C19H21Cl2O5P/c1-23-8-10-25-13-6-7-17(16(12-13)26-11-9-24-2)27-19(22)18-14(20)4-3-5-15(18)21/h3-7,12,27H,8-11H2,1-2H3. The molecule has 0 radical (unpaired) electrons. The van der Waals surface area contributed by atoms with Crippen LogP contribution in [0.3, 0.4) is 0 Å². The molecule has 0 heterocycles. The predicted molar refractivity (Wildman–Crippen MR) is 110 cm³/mol. The second kappa shape index (κ2) is 11.5. The van der Waals surface area contributed by atoms with Crippen molar-refractivity contribution in [2.24, 2.45) is 0 Å². The zero-order valence-electron chi connectivity index (χ0n) is 15.1. The molecule has 2 rings (SSSR count). The Morgan fingerprint density at radius 1 is 0.926 bits per heavy atom. The van der Waals surface area contributed by atoms with Crippen molar-refractivity contribution in [2.75, 3.05) is 40.6 Å². The van der Waals surface area contributed by atoms with E-state index in [0.717, 1.165) is 5.30 Å². The van der Waals surface area contributed by atoms with Crippen molar-refractivity contribution in [3.63, 3.8) is 0 Å². The van der Waals surface area contributed by atoms with E-state index in [-0.39, 0.29) is 14.1 Å². The molecule has 146 valence electrons. The van der Waals surface area contributed by atoms with Crippen molar-refractivity contribution in [1.29, 1.82) is 0 Å². The minimum absolute atomic E-state index is 0.157. The number of benzene rings is 2. The minimum atomic E-state index is -0.196. The van der Waals surface area contributed by atoms with Crippen molar-refractivity contribution >= 4 is 42.6 Å². The molecule has 0 N–H and O–H groups in total. The van der Waals surface area contributed by atoms with E-state index >= 15 is 0 Å². The molecule has 0 saturated heterocycles. The lowest BCUT2D eigenvalue weighted by Gasteiger charge is -2.14. The Morgan fingerprint density at radius 2 is 1.56 bits per heavy atom. The van der Waals surface area contributed by atoms with E-state index < -0.39 is 0 Å². The summed E-state index contributed by atoms with van der Waals surface area (Å²) in [6.45, 7) is 1.69. The van der Waals surface area contributed by atoms with Gasteiger partial charge in [0.05, 0.1) is 28.8 Å². The van der Waals surface area contributed by atoms with E-state index in [2.05, 4.69) is 0 Å². The lowest BCUT2D eigenvalue weighted by atomic mass is 10.2. The third-order valence-corrected chi connectivity index (χ3v) is 5.28. The molecule has 0 bridgehead atoms. The summed E-state index contributed by atoms with van der Waals surface area (Å²) in [5.74, 6) is 1.20. The zero-order valence-corrected chi connectivity index (χ0v) is 17.6. The van der Waals surface area contributed by atoms with Crippen LogP contribution in [0.15, 0.2) is 36.4 Å². The number of carbonyl (C=O) groups excluding carboxylic acids is 1. The van der Waals surface area contributed by atoms with Gasteiger partial charge in [-0.15, -0.1) is 0 Å². The molecule has 0 fully saturated rings. The average Bonchev–Trinajstić information content (AvgIpc) is 2.64. The van der Waals surface area contributed by atoms with Gasteiger partial charge in [-0.1, -0.05) is 29.3 Å². The molecule has 5 nitrogen and oxygen atoms in total. The molecule has 0 aromatic heterocycles. The van der Waals surface area contributed by atoms with Gasteiger partial charge in [0, 0.05) is 25.6 Å². The number of ether oxygens (including phenoxy) is 4. The summed E-state index contributed by atoms with van der Waals surface area (Å²) in [5, 5.41) is 1.41. The molecule has 0 aliphatic heterocycles. The van der Waals surface area contributed by atoms with Crippen molar-refractivity contribution in [2.45, 2.75) is 0 Å². The predicted octanol–water partition coefficient (Wildman–Crippen LogP) is 4.19. The van der Waals surface area contributed by atoms with Gasteiger partial charge < -0.3 is 18.9 Å². The van der Waals surface area contributed by atoms with Crippen LogP contribution in [-0.2, 0) is 9.47 Å². The van der Waals surface area contributed by atoms with Crippen molar-refractivity contribution in [3.05, 3.63) is 52.0 Å². The summed E-state index contributed by atoms with van der Waals surface area (Å²) in [6.07, 6.45) is 0. The van der Waals surface area contributed by atoms with Crippen LogP contribution < -0.4 is 14.8 Å². The Kier molecular flexibility index (Phi) is 9.32. The number of rotatable bonds is 11. The van der Waals surface area contributed by atoms with Gasteiger partial charge in [0.1, 0.15) is 24.7 Å². The Bertz CT molecular complexity index is 750. The maximum atomic E-state index is 12.7. The minimum Gasteiger partial charge on any atom is -0.491 e. The lowest BCUT2D eigenvalue weighted by Crippen LogP contribution is -2.12. The monoisotopic (exact) mass is 430 g/mol. The van der Waals surface area contributed by atoms with Crippen LogP contribution in [0.2, 0.25) is 10.0 Å². The third kappa shape index (κ3) is 6.63. The fourth-order valence-corrected chi connectivity index (χ4v) is 3.99. The molecular formula is C19H21Cl2O5P. The molecule has 8 heteroatoms. The van der Waals surface area contributed by atoms with Gasteiger partial charge in [0.2, 0.25) is 0 Å². The molecular weight excluding hydrogens is 410 g/mol. The van der Waals surface area contributed by atoms with Crippen LogP contribution in [0.1, 0.15) is 10.4 Å². The van der Waals surface area contributed by atoms with Crippen LogP contribution in [0.25, 0.3) is 0 Å². The van der Waals surface area contributed by atoms with Gasteiger partial charge in [0.25, 0.3) is 0 Å². The van der Waals surface area contributed by atoms with Gasteiger partial charge in [-0.2, -0.15) is 0 Å². The lowest BCUT2D eigenvalue weighted by molar-refractivity contribution is 0.108. The summed E-state index contributed by atoms with van der Waals surface area (Å²) in [4.78, 5) is 12.7. The van der Waals surface area contributed by atoms with E-state index in [0.29, 0.717) is 53.5 Å². The van der Waals surface area contributed by atoms with Crippen LogP contribution in [-0.4, -0.2) is 46.2 Å². The molecule has 1 unspecified atom stereocenters. The third-order valence-electron chi connectivity index (χ3n) is 3.49. The van der Waals surface area contributed by atoms with Crippen LogP contribution >= 0.6 is 31.8 Å². The van der Waals surface area contributed by atoms with Crippen LogP contribution in [0.5, 0.6) is 11.5 Å². The first-order valence-corrected chi connectivity index (χ1v) is 9.95. The number of carbonyl (C=O) groups is 1. The molecule has 0 spiro atoms. The van der Waals surface area contributed by atoms with Gasteiger partial charge in [-0.25, -0.2) is 0 Å². The summed E-state index contributed by atoms with van der Waals surface area (Å²) in [6, 6.07) is 10.4. The highest BCUT2D eigenvalue weighted by Crippen LogP contribution is 2.33.